The predicted octanol–water partition coefficient (Wildman–Crippen LogP) is 0.437. The van der Waals surface area contributed by atoms with E-state index in [2.05, 4.69) is 0 Å². The highest BCUT2D eigenvalue weighted by atomic mass is 16.4. The van der Waals surface area contributed by atoms with Crippen molar-refractivity contribution in [3.8, 4) is 0 Å². The smallest absolute Gasteiger partial charge is 0.333 e. The maximum Gasteiger partial charge on any atom is 0.333 e. The number of rotatable bonds is 2. The molecule has 4 heteroatoms. The lowest BCUT2D eigenvalue weighted by atomic mass is 9.78. The van der Waals surface area contributed by atoms with Crippen LogP contribution in [0.25, 0.3) is 0 Å². The molecule has 0 saturated heterocycles. The fourth-order valence-electron chi connectivity index (χ4n) is 1.78. The van der Waals surface area contributed by atoms with Crippen LogP contribution in [0.3, 0.4) is 0 Å². The highest BCUT2D eigenvalue weighted by molar-refractivity contribution is 5.89. The Morgan fingerprint density at radius 1 is 1.54 bits per heavy atom. The van der Waals surface area contributed by atoms with E-state index in [-0.39, 0.29) is 11.7 Å². The molecule has 0 aromatic heterocycles. The molecule has 0 aromatic rings. The molecule has 3 unspecified atom stereocenters. The number of hydrogen-bond acceptors (Lipinski definition) is 3. The lowest BCUT2D eigenvalue weighted by Crippen LogP contribution is -2.39. The van der Waals surface area contributed by atoms with Crippen LogP contribution in [0.1, 0.15) is 26.2 Å². The maximum atomic E-state index is 11.4. The van der Waals surface area contributed by atoms with E-state index in [1.165, 1.54) is 0 Å². The summed E-state index contributed by atoms with van der Waals surface area (Å²) >= 11 is 0. The van der Waals surface area contributed by atoms with Gasteiger partial charge in [-0.25, -0.2) is 4.79 Å². The number of aliphatic hydroxyl groups excluding tert-OH is 1. The molecule has 0 aliphatic heterocycles. The van der Waals surface area contributed by atoms with E-state index in [9.17, 15) is 14.7 Å². The summed E-state index contributed by atoms with van der Waals surface area (Å²) in [6.07, 6.45) is 0.607. The van der Waals surface area contributed by atoms with Gasteiger partial charge in [-0.1, -0.05) is 13.3 Å². The number of carboxylic acid groups (broad SMARTS) is 1. The Morgan fingerprint density at radius 3 is 2.69 bits per heavy atom. The molecule has 1 aliphatic rings. The SMILES string of the molecule is CC1CCCC(C(O)C(=O)O)C1=O. The fraction of sp³-hybridized carbons (Fsp3) is 0.778. The minimum atomic E-state index is -1.52. The summed E-state index contributed by atoms with van der Waals surface area (Å²) in [5.74, 6) is -2.21. The molecule has 1 saturated carbocycles. The second kappa shape index (κ2) is 3.87. The van der Waals surface area contributed by atoms with Crippen molar-refractivity contribution >= 4 is 11.8 Å². The number of carbonyl (C=O) groups excluding carboxylic acids is 1. The van der Waals surface area contributed by atoms with Crippen molar-refractivity contribution < 1.29 is 19.8 Å². The zero-order valence-corrected chi connectivity index (χ0v) is 7.56. The van der Waals surface area contributed by atoms with Gasteiger partial charge in [-0.15, -0.1) is 0 Å². The molecule has 1 fully saturated rings. The molecule has 1 aliphatic carbocycles. The second-order valence-electron chi connectivity index (χ2n) is 3.62. The molecule has 0 amide bonds. The second-order valence-corrected chi connectivity index (χ2v) is 3.62. The van der Waals surface area contributed by atoms with Crippen LogP contribution in [0.5, 0.6) is 0 Å². The average molecular weight is 186 g/mol. The van der Waals surface area contributed by atoms with E-state index in [0.29, 0.717) is 6.42 Å². The van der Waals surface area contributed by atoms with E-state index in [0.717, 1.165) is 12.8 Å². The summed E-state index contributed by atoms with van der Waals surface area (Å²) in [4.78, 5) is 21.9. The normalized spacial score (nSPS) is 31.4. The van der Waals surface area contributed by atoms with Crippen molar-refractivity contribution in [1.29, 1.82) is 0 Å². The number of carbonyl (C=O) groups is 2. The molecule has 0 bridgehead atoms. The molecule has 2 N–H and O–H groups in total. The van der Waals surface area contributed by atoms with Crippen LogP contribution in [0.2, 0.25) is 0 Å². The highest BCUT2D eigenvalue weighted by Gasteiger charge is 2.36. The minimum Gasteiger partial charge on any atom is -0.479 e. The van der Waals surface area contributed by atoms with Gasteiger partial charge in [0.05, 0.1) is 5.92 Å². The van der Waals surface area contributed by atoms with Crippen molar-refractivity contribution in [2.75, 3.05) is 0 Å². The van der Waals surface area contributed by atoms with Crippen LogP contribution < -0.4 is 0 Å². The lowest BCUT2D eigenvalue weighted by Gasteiger charge is -2.26. The number of aliphatic carboxylic acids is 1. The Kier molecular flexibility index (Phi) is 3.03. The van der Waals surface area contributed by atoms with Gasteiger partial charge in [0.1, 0.15) is 5.78 Å². The first-order valence-corrected chi connectivity index (χ1v) is 4.48. The monoisotopic (exact) mass is 186 g/mol. The van der Waals surface area contributed by atoms with Crippen LogP contribution in [0, 0.1) is 11.8 Å². The van der Waals surface area contributed by atoms with Crippen molar-refractivity contribution in [3.05, 3.63) is 0 Å². The third-order valence-electron chi connectivity index (χ3n) is 2.64. The molecule has 3 atom stereocenters. The molecule has 0 radical (unpaired) electrons. The quantitative estimate of drug-likeness (QED) is 0.656. The molecule has 0 spiro atoms. The van der Waals surface area contributed by atoms with Gasteiger partial charge in [-0.2, -0.15) is 0 Å². The Labute approximate surface area is 76.6 Å². The van der Waals surface area contributed by atoms with Crippen LogP contribution in [-0.4, -0.2) is 28.1 Å². The summed E-state index contributed by atoms with van der Waals surface area (Å²) in [6, 6.07) is 0. The topological polar surface area (TPSA) is 74.6 Å². The van der Waals surface area contributed by atoms with Crippen molar-refractivity contribution in [2.24, 2.45) is 11.8 Å². The zero-order chi connectivity index (χ0) is 10.0. The van der Waals surface area contributed by atoms with E-state index in [4.69, 9.17) is 5.11 Å². The average Bonchev–Trinajstić information content (AvgIpc) is 2.08. The Bertz CT molecular complexity index is 224. The number of ketones is 1. The molecule has 1 rings (SSSR count). The highest BCUT2D eigenvalue weighted by Crippen LogP contribution is 2.27. The third kappa shape index (κ3) is 2.06. The zero-order valence-electron chi connectivity index (χ0n) is 7.56. The summed E-state index contributed by atoms with van der Waals surface area (Å²) < 4.78 is 0. The molecule has 4 nitrogen and oxygen atoms in total. The van der Waals surface area contributed by atoms with Crippen LogP contribution in [0.15, 0.2) is 0 Å². The summed E-state index contributed by atoms with van der Waals surface area (Å²) in [5, 5.41) is 17.8. The first-order valence-electron chi connectivity index (χ1n) is 4.48. The third-order valence-corrected chi connectivity index (χ3v) is 2.64. The molecule has 0 heterocycles. The molecular formula is C9H14O4. The van der Waals surface area contributed by atoms with Crippen LogP contribution in [0.4, 0.5) is 0 Å². The summed E-state index contributed by atoms with van der Waals surface area (Å²) in [6.45, 7) is 1.78. The standard InChI is InChI=1S/C9H14O4/c1-5-3-2-4-6(7(5)10)8(11)9(12)13/h5-6,8,11H,2-4H2,1H3,(H,12,13). The van der Waals surface area contributed by atoms with Crippen molar-refractivity contribution in [1.82, 2.24) is 0 Å². The van der Waals surface area contributed by atoms with Gasteiger partial charge >= 0.3 is 5.97 Å². The molecular weight excluding hydrogens is 172 g/mol. The largest absolute Gasteiger partial charge is 0.479 e. The Balaban J connectivity index is 2.68. The van der Waals surface area contributed by atoms with Gasteiger partial charge in [0, 0.05) is 5.92 Å². The fourth-order valence-corrected chi connectivity index (χ4v) is 1.78. The van der Waals surface area contributed by atoms with E-state index >= 15 is 0 Å². The van der Waals surface area contributed by atoms with Gasteiger partial charge < -0.3 is 10.2 Å². The van der Waals surface area contributed by atoms with Crippen molar-refractivity contribution in [2.45, 2.75) is 32.3 Å². The minimum absolute atomic E-state index is 0.104. The van der Waals surface area contributed by atoms with E-state index < -0.39 is 18.0 Å². The van der Waals surface area contributed by atoms with Gasteiger partial charge in [-0.3, -0.25) is 4.79 Å². The van der Waals surface area contributed by atoms with Gasteiger partial charge in [0.2, 0.25) is 0 Å². The van der Waals surface area contributed by atoms with Gasteiger partial charge in [0.25, 0.3) is 0 Å². The van der Waals surface area contributed by atoms with Crippen molar-refractivity contribution in [3.63, 3.8) is 0 Å². The van der Waals surface area contributed by atoms with E-state index in [1.807, 2.05) is 0 Å². The van der Waals surface area contributed by atoms with Gasteiger partial charge in [0.15, 0.2) is 6.10 Å². The summed E-state index contributed by atoms with van der Waals surface area (Å²) in [5.41, 5.74) is 0. The maximum absolute atomic E-state index is 11.4. The molecule has 0 aromatic carbocycles. The number of Topliss-reactive ketones (excluding diaryl/α,β-unsaturated/α-hetero) is 1. The number of carboxylic acids is 1. The molecule has 13 heavy (non-hydrogen) atoms. The van der Waals surface area contributed by atoms with Crippen LogP contribution >= 0.6 is 0 Å². The van der Waals surface area contributed by atoms with E-state index in [1.54, 1.807) is 6.92 Å². The first-order chi connectivity index (χ1) is 6.04. The summed E-state index contributed by atoms with van der Waals surface area (Å²) in [7, 11) is 0. The Hall–Kier alpha value is -0.900. The number of hydrogen-bond donors (Lipinski definition) is 2. The lowest BCUT2D eigenvalue weighted by molar-refractivity contribution is -0.155. The predicted molar refractivity (Wildman–Crippen MR) is 45.2 cm³/mol. The van der Waals surface area contributed by atoms with Gasteiger partial charge in [-0.05, 0) is 12.8 Å². The Morgan fingerprint density at radius 2 is 2.15 bits per heavy atom. The van der Waals surface area contributed by atoms with Crippen LogP contribution in [-0.2, 0) is 9.59 Å². The first kappa shape index (κ1) is 10.2. The molecule has 74 valence electrons. The number of aliphatic hydroxyl groups is 1.